The highest BCUT2D eigenvalue weighted by Gasteiger charge is 2.35. The molecule has 2 rings (SSSR count). The van der Waals surface area contributed by atoms with Crippen LogP contribution in [0.4, 0.5) is 5.69 Å². The van der Waals surface area contributed by atoms with Gasteiger partial charge < -0.3 is 10.6 Å². The number of nitrogens with two attached hydrogens (primary N) is 1. The maximum Gasteiger partial charge on any atom is 0.231 e. The normalized spacial score (nSPS) is 24.4. The molecule has 88 valence electrons. The molecular formula is C11H14Cl2N2O. The van der Waals surface area contributed by atoms with E-state index in [-0.39, 0.29) is 30.3 Å². The molecule has 1 aromatic carbocycles. The van der Waals surface area contributed by atoms with E-state index in [1.54, 1.807) is 17.0 Å². The highest BCUT2D eigenvalue weighted by molar-refractivity contribution is 6.30. The molecule has 5 heteroatoms. The van der Waals surface area contributed by atoms with E-state index in [1.165, 1.54) is 0 Å². The van der Waals surface area contributed by atoms with Crippen molar-refractivity contribution in [2.24, 2.45) is 11.7 Å². The first kappa shape index (κ1) is 13.3. The Morgan fingerprint density at radius 1 is 1.38 bits per heavy atom. The lowest BCUT2D eigenvalue weighted by atomic mass is 10.1. The number of anilines is 1. The fourth-order valence-corrected chi connectivity index (χ4v) is 1.87. The van der Waals surface area contributed by atoms with Crippen molar-refractivity contribution in [2.75, 3.05) is 11.4 Å². The summed E-state index contributed by atoms with van der Waals surface area (Å²) in [5, 5.41) is 0.669. The summed E-state index contributed by atoms with van der Waals surface area (Å²) in [6.45, 7) is 2.45. The minimum Gasteiger partial charge on any atom is -0.325 e. The minimum atomic E-state index is -0.0966. The van der Waals surface area contributed by atoms with Crippen molar-refractivity contribution in [2.45, 2.75) is 13.0 Å². The number of hydrogen-bond donors (Lipinski definition) is 1. The molecule has 16 heavy (non-hydrogen) atoms. The number of carbonyl (C=O) groups is 1. The van der Waals surface area contributed by atoms with Gasteiger partial charge in [0.25, 0.3) is 0 Å². The molecule has 1 aliphatic heterocycles. The van der Waals surface area contributed by atoms with Crippen molar-refractivity contribution in [1.29, 1.82) is 0 Å². The second-order valence-corrected chi connectivity index (χ2v) is 4.31. The van der Waals surface area contributed by atoms with Crippen molar-refractivity contribution in [3.8, 4) is 0 Å². The summed E-state index contributed by atoms with van der Waals surface area (Å²) in [5.41, 5.74) is 6.70. The zero-order valence-corrected chi connectivity index (χ0v) is 10.5. The van der Waals surface area contributed by atoms with E-state index in [0.29, 0.717) is 11.6 Å². The van der Waals surface area contributed by atoms with Crippen LogP contribution >= 0.6 is 24.0 Å². The number of amides is 1. The van der Waals surface area contributed by atoms with Crippen LogP contribution in [0.25, 0.3) is 0 Å². The summed E-state index contributed by atoms with van der Waals surface area (Å²) in [6, 6.07) is 7.15. The Morgan fingerprint density at radius 3 is 2.38 bits per heavy atom. The maximum atomic E-state index is 11.8. The molecule has 1 fully saturated rings. The third-order valence-electron chi connectivity index (χ3n) is 2.83. The average Bonchev–Trinajstić information content (AvgIpc) is 2.47. The Labute approximate surface area is 106 Å². The van der Waals surface area contributed by atoms with Crippen molar-refractivity contribution < 1.29 is 4.79 Å². The van der Waals surface area contributed by atoms with E-state index >= 15 is 0 Å². The maximum absolute atomic E-state index is 11.8. The van der Waals surface area contributed by atoms with Crippen LogP contribution in [-0.2, 0) is 4.79 Å². The van der Waals surface area contributed by atoms with Gasteiger partial charge in [-0.25, -0.2) is 0 Å². The van der Waals surface area contributed by atoms with Crippen LogP contribution in [0.15, 0.2) is 24.3 Å². The first-order valence-electron chi connectivity index (χ1n) is 4.92. The van der Waals surface area contributed by atoms with Crippen LogP contribution in [0.3, 0.4) is 0 Å². The molecule has 0 bridgehead atoms. The average molecular weight is 261 g/mol. The molecule has 0 spiro atoms. The Morgan fingerprint density at radius 2 is 1.94 bits per heavy atom. The van der Waals surface area contributed by atoms with Gasteiger partial charge in [0, 0.05) is 23.3 Å². The van der Waals surface area contributed by atoms with Crippen LogP contribution in [0.5, 0.6) is 0 Å². The van der Waals surface area contributed by atoms with Gasteiger partial charge in [-0.3, -0.25) is 4.79 Å². The molecule has 1 aliphatic rings. The van der Waals surface area contributed by atoms with Crippen LogP contribution in [0.1, 0.15) is 6.92 Å². The van der Waals surface area contributed by atoms with Crippen molar-refractivity contribution in [1.82, 2.24) is 0 Å². The lowest BCUT2D eigenvalue weighted by Gasteiger charge is -2.15. The summed E-state index contributed by atoms with van der Waals surface area (Å²) >= 11 is 5.78. The summed E-state index contributed by atoms with van der Waals surface area (Å²) < 4.78 is 0. The summed E-state index contributed by atoms with van der Waals surface area (Å²) in [6.07, 6.45) is 0. The van der Waals surface area contributed by atoms with Gasteiger partial charge in [-0.05, 0) is 24.3 Å². The van der Waals surface area contributed by atoms with Gasteiger partial charge in [0.2, 0.25) is 5.91 Å². The zero-order valence-electron chi connectivity index (χ0n) is 8.89. The van der Waals surface area contributed by atoms with Gasteiger partial charge in [0.1, 0.15) is 0 Å². The minimum absolute atomic E-state index is 0. The smallest absolute Gasteiger partial charge is 0.231 e. The van der Waals surface area contributed by atoms with Gasteiger partial charge in [0.15, 0.2) is 0 Å². The second kappa shape index (κ2) is 5.04. The highest BCUT2D eigenvalue weighted by atomic mass is 35.5. The summed E-state index contributed by atoms with van der Waals surface area (Å²) in [7, 11) is 0. The third-order valence-corrected chi connectivity index (χ3v) is 3.08. The van der Waals surface area contributed by atoms with Gasteiger partial charge in [0.05, 0.1) is 5.92 Å². The van der Waals surface area contributed by atoms with E-state index in [9.17, 15) is 4.79 Å². The molecule has 2 atom stereocenters. The predicted molar refractivity (Wildman–Crippen MR) is 68.2 cm³/mol. The van der Waals surface area contributed by atoms with Crippen molar-refractivity contribution in [3.05, 3.63) is 29.3 Å². The van der Waals surface area contributed by atoms with E-state index in [4.69, 9.17) is 17.3 Å². The lowest BCUT2D eigenvalue weighted by molar-refractivity contribution is -0.120. The molecule has 2 unspecified atom stereocenters. The van der Waals surface area contributed by atoms with Gasteiger partial charge in [-0.15, -0.1) is 12.4 Å². The largest absolute Gasteiger partial charge is 0.325 e. The molecular weight excluding hydrogens is 247 g/mol. The van der Waals surface area contributed by atoms with E-state index in [1.807, 2.05) is 19.1 Å². The first-order valence-corrected chi connectivity index (χ1v) is 5.30. The van der Waals surface area contributed by atoms with Gasteiger partial charge >= 0.3 is 0 Å². The molecule has 0 saturated carbocycles. The predicted octanol–water partition coefficient (Wildman–Crippen LogP) is 2.07. The van der Waals surface area contributed by atoms with Crippen LogP contribution in [0, 0.1) is 5.92 Å². The topological polar surface area (TPSA) is 46.3 Å². The molecule has 3 nitrogen and oxygen atoms in total. The fourth-order valence-electron chi connectivity index (χ4n) is 1.74. The van der Waals surface area contributed by atoms with Gasteiger partial charge in [-0.2, -0.15) is 0 Å². The van der Waals surface area contributed by atoms with Crippen molar-refractivity contribution >= 4 is 35.6 Å². The standard InChI is InChI=1S/C11H13ClN2O.ClH/c1-7-10(13)6-14(11(7)15)9-4-2-8(12)3-5-9;/h2-5,7,10H,6,13H2,1H3;1H. The SMILES string of the molecule is CC1C(=O)N(c2ccc(Cl)cc2)CC1N.Cl. The van der Waals surface area contributed by atoms with Crippen LogP contribution in [0.2, 0.25) is 5.02 Å². The Kier molecular flexibility index (Phi) is 4.19. The van der Waals surface area contributed by atoms with E-state index in [0.717, 1.165) is 5.69 Å². The van der Waals surface area contributed by atoms with Crippen LogP contribution in [-0.4, -0.2) is 18.5 Å². The lowest BCUT2D eigenvalue weighted by Crippen LogP contribution is -2.28. The summed E-state index contributed by atoms with van der Waals surface area (Å²) in [5.74, 6) is -0.00880. The number of benzene rings is 1. The second-order valence-electron chi connectivity index (χ2n) is 3.88. The first-order chi connectivity index (χ1) is 7.09. The zero-order chi connectivity index (χ0) is 11.0. The Hall–Kier alpha value is -0.770. The summed E-state index contributed by atoms with van der Waals surface area (Å²) in [4.78, 5) is 13.5. The van der Waals surface area contributed by atoms with Crippen molar-refractivity contribution in [3.63, 3.8) is 0 Å². The Bertz CT molecular complexity index is 380. The van der Waals surface area contributed by atoms with E-state index < -0.39 is 0 Å². The fraction of sp³-hybridized carbons (Fsp3) is 0.364. The van der Waals surface area contributed by atoms with E-state index in [2.05, 4.69) is 0 Å². The molecule has 0 aliphatic carbocycles. The number of carbonyl (C=O) groups excluding carboxylic acids is 1. The number of nitrogens with zero attached hydrogens (tertiary/aromatic N) is 1. The highest BCUT2D eigenvalue weighted by Crippen LogP contribution is 2.25. The third kappa shape index (κ3) is 2.32. The molecule has 1 heterocycles. The molecule has 2 N–H and O–H groups in total. The van der Waals surface area contributed by atoms with Gasteiger partial charge in [-0.1, -0.05) is 18.5 Å². The molecule has 0 aromatic heterocycles. The molecule has 1 saturated heterocycles. The number of rotatable bonds is 1. The molecule has 1 aromatic rings. The number of hydrogen-bond acceptors (Lipinski definition) is 2. The Balaban J connectivity index is 0.00000128. The monoisotopic (exact) mass is 260 g/mol. The number of halogens is 2. The quantitative estimate of drug-likeness (QED) is 0.841. The van der Waals surface area contributed by atoms with Crippen LogP contribution < -0.4 is 10.6 Å². The molecule has 1 amide bonds. The molecule has 0 radical (unpaired) electrons.